The van der Waals surface area contributed by atoms with Crippen molar-refractivity contribution in [2.75, 3.05) is 0 Å². The minimum atomic E-state index is -4.00. The SMILES string of the molecule is FC(F)(F)C1CC=[C]CC1. The van der Waals surface area contributed by atoms with Crippen LogP contribution in [0.25, 0.3) is 0 Å². The summed E-state index contributed by atoms with van der Waals surface area (Å²) in [7, 11) is 0. The Balaban J connectivity index is 2.49. The Kier molecular flexibility index (Phi) is 2.02. The Hall–Kier alpha value is -0.470. The standard InChI is InChI=1S/C7H8F3/c8-7(9,10)6-4-2-1-3-5-6/h2,6H,3-5H2. The van der Waals surface area contributed by atoms with Gasteiger partial charge in [-0.2, -0.15) is 13.2 Å². The molecule has 0 saturated carbocycles. The summed E-state index contributed by atoms with van der Waals surface area (Å²) in [6, 6.07) is 0. The van der Waals surface area contributed by atoms with Crippen molar-refractivity contribution in [2.45, 2.75) is 25.4 Å². The molecule has 0 saturated heterocycles. The quantitative estimate of drug-likeness (QED) is 0.496. The van der Waals surface area contributed by atoms with Gasteiger partial charge in [-0.15, -0.1) is 0 Å². The average Bonchev–Trinajstić information content (AvgIpc) is 1.88. The fourth-order valence-electron chi connectivity index (χ4n) is 1.00. The van der Waals surface area contributed by atoms with Crippen molar-refractivity contribution in [3.63, 3.8) is 0 Å². The van der Waals surface area contributed by atoms with Crippen LogP contribution < -0.4 is 0 Å². The lowest BCUT2D eigenvalue weighted by Crippen LogP contribution is -2.23. The molecule has 10 heavy (non-hydrogen) atoms. The third-order valence-electron chi connectivity index (χ3n) is 1.65. The second-order valence-corrected chi connectivity index (χ2v) is 2.42. The van der Waals surface area contributed by atoms with E-state index in [9.17, 15) is 13.2 Å². The maximum absolute atomic E-state index is 11.9. The van der Waals surface area contributed by atoms with Crippen LogP contribution in [-0.4, -0.2) is 6.18 Å². The lowest BCUT2D eigenvalue weighted by Gasteiger charge is -2.19. The predicted molar refractivity (Wildman–Crippen MR) is 31.2 cm³/mol. The monoisotopic (exact) mass is 149 g/mol. The van der Waals surface area contributed by atoms with Crippen molar-refractivity contribution in [1.82, 2.24) is 0 Å². The largest absolute Gasteiger partial charge is 0.392 e. The second kappa shape index (κ2) is 2.64. The molecule has 1 aliphatic rings. The molecule has 1 atom stereocenters. The minimum Gasteiger partial charge on any atom is -0.171 e. The summed E-state index contributed by atoms with van der Waals surface area (Å²) >= 11 is 0. The van der Waals surface area contributed by atoms with E-state index in [4.69, 9.17) is 0 Å². The predicted octanol–water partition coefficient (Wildman–Crippen LogP) is 2.71. The Bertz CT molecular complexity index is 134. The Morgan fingerprint density at radius 2 is 2.10 bits per heavy atom. The van der Waals surface area contributed by atoms with Crippen LogP contribution in [0, 0.1) is 12.0 Å². The van der Waals surface area contributed by atoms with Gasteiger partial charge in [0, 0.05) is 0 Å². The topological polar surface area (TPSA) is 0 Å². The van der Waals surface area contributed by atoms with Crippen LogP contribution in [-0.2, 0) is 0 Å². The number of allylic oxidation sites excluding steroid dienone is 2. The molecular formula is C7H8F3. The molecular weight excluding hydrogens is 141 g/mol. The normalized spacial score (nSPS) is 26.9. The van der Waals surface area contributed by atoms with E-state index in [2.05, 4.69) is 6.08 Å². The van der Waals surface area contributed by atoms with E-state index >= 15 is 0 Å². The molecule has 57 valence electrons. The van der Waals surface area contributed by atoms with Gasteiger partial charge in [0.15, 0.2) is 0 Å². The molecule has 1 rings (SSSR count). The van der Waals surface area contributed by atoms with Crippen LogP contribution in [0.15, 0.2) is 6.08 Å². The van der Waals surface area contributed by atoms with Crippen LogP contribution in [0.1, 0.15) is 19.3 Å². The van der Waals surface area contributed by atoms with Crippen molar-refractivity contribution < 1.29 is 13.2 Å². The third-order valence-corrected chi connectivity index (χ3v) is 1.65. The van der Waals surface area contributed by atoms with Crippen molar-refractivity contribution in [1.29, 1.82) is 0 Å². The van der Waals surface area contributed by atoms with E-state index in [0.29, 0.717) is 6.42 Å². The van der Waals surface area contributed by atoms with Gasteiger partial charge in [0.1, 0.15) is 0 Å². The van der Waals surface area contributed by atoms with Gasteiger partial charge < -0.3 is 0 Å². The average molecular weight is 149 g/mol. The van der Waals surface area contributed by atoms with Crippen molar-refractivity contribution in [3.05, 3.63) is 12.2 Å². The van der Waals surface area contributed by atoms with Crippen LogP contribution >= 0.6 is 0 Å². The summed E-state index contributed by atoms with van der Waals surface area (Å²) < 4.78 is 35.7. The molecule has 0 aliphatic heterocycles. The van der Waals surface area contributed by atoms with Crippen molar-refractivity contribution >= 4 is 0 Å². The van der Waals surface area contributed by atoms with E-state index in [1.54, 1.807) is 0 Å². The first-order valence-corrected chi connectivity index (χ1v) is 3.22. The summed E-state index contributed by atoms with van der Waals surface area (Å²) in [6.07, 6.45) is 1.02. The highest BCUT2D eigenvalue weighted by Crippen LogP contribution is 2.34. The third kappa shape index (κ3) is 1.75. The van der Waals surface area contributed by atoms with Crippen LogP contribution in [0.2, 0.25) is 0 Å². The smallest absolute Gasteiger partial charge is 0.171 e. The van der Waals surface area contributed by atoms with Gasteiger partial charge >= 0.3 is 6.18 Å². The van der Waals surface area contributed by atoms with Crippen molar-refractivity contribution in [2.24, 2.45) is 5.92 Å². The maximum Gasteiger partial charge on any atom is 0.392 e. The van der Waals surface area contributed by atoms with E-state index < -0.39 is 12.1 Å². The van der Waals surface area contributed by atoms with E-state index in [1.807, 2.05) is 0 Å². The second-order valence-electron chi connectivity index (χ2n) is 2.42. The first-order chi connectivity index (χ1) is 4.61. The van der Waals surface area contributed by atoms with Gasteiger partial charge in [-0.05, 0) is 25.3 Å². The highest BCUT2D eigenvalue weighted by atomic mass is 19.4. The molecule has 1 aliphatic carbocycles. The number of hydrogen-bond donors (Lipinski definition) is 0. The van der Waals surface area contributed by atoms with Crippen LogP contribution in [0.5, 0.6) is 0 Å². The van der Waals surface area contributed by atoms with Gasteiger partial charge in [0.2, 0.25) is 0 Å². The highest BCUT2D eigenvalue weighted by Gasteiger charge is 2.38. The van der Waals surface area contributed by atoms with Gasteiger partial charge in [0.25, 0.3) is 0 Å². The molecule has 1 unspecified atom stereocenters. The van der Waals surface area contributed by atoms with E-state index in [1.165, 1.54) is 6.08 Å². The van der Waals surface area contributed by atoms with Crippen LogP contribution in [0.3, 0.4) is 0 Å². The first kappa shape index (κ1) is 7.63. The number of rotatable bonds is 0. The zero-order valence-electron chi connectivity index (χ0n) is 5.41. The highest BCUT2D eigenvalue weighted by molar-refractivity contribution is 4.86. The molecule has 0 fully saturated rings. The fraction of sp³-hybridized carbons (Fsp3) is 0.714. The lowest BCUT2D eigenvalue weighted by molar-refractivity contribution is -0.176. The molecule has 1 radical (unpaired) electrons. The zero-order valence-corrected chi connectivity index (χ0v) is 5.41. The maximum atomic E-state index is 11.9. The molecule has 0 aromatic rings. The summed E-state index contributed by atoms with van der Waals surface area (Å²) in [5, 5.41) is 0. The van der Waals surface area contributed by atoms with Gasteiger partial charge in [-0.25, -0.2) is 0 Å². The molecule has 0 aromatic carbocycles. The van der Waals surface area contributed by atoms with E-state index in [0.717, 1.165) is 0 Å². The molecule has 3 heteroatoms. The minimum absolute atomic E-state index is 0.115. The van der Waals surface area contributed by atoms with Crippen molar-refractivity contribution in [3.8, 4) is 0 Å². The molecule has 0 heterocycles. The summed E-state index contributed by atoms with van der Waals surface area (Å²) in [6.45, 7) is 0. The summed E-state index contributed by atoms with van der Waals surface area (Å²) in [5.41, 5.74) is 0. The molecule has 0 nitrogen and oxygen atoms in total. The van der Waals surface area contributed by atoms with Crippen LogP contribution in [0.4, 0.5) is 13.2 Å². The number of halogens is 3. The van der Waals surface area contributed by atoms with Gasteiger partial charge in [-0.1, -0.05) is 6.08 Å². The molecule has 0 aromatic heterocycles. The molecule has 0 N–H and O–H groups in total. The molecule has 0 bridgehead atoms. The number of alkyl halides is 3. The Morgan fingerprint density at radius 3 is 2.40 bits per heavy atom. The Morgan fingerprint density at radius 1 is 1.40 bits per heavy atom. The first-order valence-electron chi connectivity index (χ1n) is 3.22. The molecule has 0 amide bonds. The van der Waals surface area contributed by atoms with Gasteiger partial charge in [0.05, 0.1) is 5.92 Å². The summed E-state index contributed by atoms with van der Waals surface area (Å²) in [5.74, 6) is -1.12. The molecule has 0 spiro atoms. The van der Waals surface area contributed by atoms with Gasteiger partial charge in [-0.3, -0.25) is 0 Å². The Labute approximate surface area is 57.7 Å². The number of hydrogen-bond acceptors (Lipinski definition) is 0. The summed E-state index contributed by atoms with van der Waals surface area (Å²) in [4.78, 5) is 0. The van der Waals surface area contributed by atoms with E-state index in [-0.39, 0.29) is 12.8 Å². The fourth-order valence-corrected chi connectivity index (χ4v) is 1.00. The zero-order chi connectivity index (χ0) is 7.61. The lowest BCUT2D eigenvalue weighted by atomic mass is 9.94.